The van der Waals surface area contributed by atoms with Crippen LogP contribution < -0.4 is 5.32 Å². The quantitative estimate of drug-likeness (QED) is 0.888. The summed E-state index contributed by atoms with van der Waals surface area (Å²) in [7, 11) is 0. The molecule has 1 N–H and O–H groups in total. The first-order chi connectivity index (χ1) is 10.7. The van der Waals surface area contributed by atoms with E-state index in [-0.39, 0.29) is 18.4 Å². The van der Waals surface area contributed by atoms with Crippen LogP contribution >= 0.6 is 0 Å². The normalized spacial score (nSPS) is 22.6. The van der Waals surface area contributed by atoms with Crippen LogP contribution in [0.2, 0.25) is 0 Å². The van der Waals surface area contributed by atoms with Crippen LogP contribution in [-0.4, -0.2) is 60.4 Å². The number of nitrogens with one attached hydrogen (secondary N) is 1. The Morgan fingerprint density at radius 3 is 2.82 bits per heavy atom. The highest BCUT2D eigenvalue weighted by Crippen LogP contribution is 2.21. The number of nitrogens with zero attached hydrogens (tertiary/aromatic N) is 2. The summed E-state index contributed by atoms with van der Waals surface area (Å²) in [5.41, 5.74) is 1.32. The molecule has 2 saturated heterocycles. The van der Waals surface area contributed by atoms with Crippen molar-refractivity contribution in [1.29, 1.82) is 0 Å². The highest BCUT2D eigenvalue weighted by Gasteiger charge is 2.29. The van der Waals surface area contributed by atoms with E-state index >= 15 is 0 Å². The standard InChI is InChI=1S/C17H23N3O2/c21-16-12-20(10-8-18-16)17(22)13-19-9-4-7-15(19)11-14-5-2-1-3-6-14/h1-3,5-6,15H,4,7-13H2,(H,18,21)/t15-/m1/s1. The average molecular weight is 301 g/mol. The number of likely N-dealkylation sites (tertiary alicyclic amines) is 1. The molecule has 118 valence electrons. The van der Waals surface area contributed by atoms with Gasteiger partial charge in [-0.1, -0.05) is 30.3 Å². The lowest BCUT2D eigenvalue weighted by atomic mass is 10.0. The minimum atomic E-state index is -0.0538. The molecule has 0 radical (unpaired) electrons. The minimum Gasteiger partial charge on any atom is -0.353 e. The number of amides is 2. The van der Waals surface area contributed by atoms with E-state index < -0.39 is 0 Å². The Kier molecular flexibility index (Phi) is 4.73. The van der Waals surface area contributed by atoms with Gasteiger partial charge < -0.3 is 10.2 Å². The third-order valence-electron chi connectivity index (χ3n) is 4.54. The van der Waals surface area contributed by atoms with E-state index in [0.29, 0.717) is 25.7 Å². The van der Waals surface area contributed by atoms with Crippen LogP contribution in [0.1, 0.15) is 18.4 Å². The molecule has 2 fully saturated rings. The number of rotatable bonds is 4. The molecule has 0 aromatic heterocycles. The zero-order chi connectivity index (χ0) is 15.4. The fraction of sp³-hybridized carbons (Fsp3) is 0.529. The van der Waals surface area contributed by atoms with Gasteiger partial charge in [-0.3, -0.25) is 14.5 Å². The maximum absolute atomic E-state index is 12.4. The highest BCUT2D eigenvalue weighted by molar-refractivity contribution is 5.86. The Labute approximate surface area is 131 Å². The molecule has 0 spiro atoms. The van der Waals surface area contributed by atoms with Gasteiger partial charge >= 0.3 is 0 Å². The van der Waals surface area contributed by atoms with Gasteiger partial charge in [0.2, 0.25) is 11.8 Å². The molecule has 1 aromatic carbocycles. The molecule has 22 heavy (non-hydrogen) atoms. The maximum Gasteiger partial charge on any atom is 0.239 e. The first-order valence-electron chi connectivity index (χ1n) is 8.05. The van der Waals surface area contributed by atoms with E-state index in [2.05, 4.69) is 34.5 Å². The lowest BCUT2D eigenvalue weighted by Gasteiger charge is -2.30. The van der Waals surface area contributed by atoms with Crippen molar-refractivity contribution in [2.24, 2.45) is 0 Å². The van der Waals surface area contributed by atoms with Gasteiger partial charge in [-0.25, -0.2) is 0 Å². The number of piperazine rings is 1. The molecule has 1 atom stereocenters. The fourth-order valence-electron chi connectivity index (χ4n) is 3.35. The predicted octanol–water partition coefficient (Wildman–Crippen LogP) is 0.652. The number of carbonyl (C=O) groups is 2. The van der Waals surface area contributed by atoms with Gasteiger partial charge in [-0.05, 0) is 31.4 Å². The Morgan fingerprint density at radius 1 is 1.23 bits per heavy atom. The van der Waals surface area contributed by atoms with Crippen molar-refractivity contribution >= 4 is 11.8 Å². The van der Waals surface area contributed by atoms with Gasteiger partial charge in [0.05, 0.1) is 13.1 Å². The molecule has 2 heterocycles. The number of hydrogen-bond donors (Lipinski definition) is 1. The fourth-order valence-corrected chi connectivity index (χ4v) is 3.35. The SMILES string of the molecule is O=C1CN(C(=O)CN2CCC[C@@H]2Cc2ccccc2)CCN1. The summed E-state index contributed by atoms with van der Waals surface area (Å²) in [5.74, 6) is 0.0247. The summed E-state index contributed by atoms with van der Waals surface area (Å²) in [4.78, 5) is 27.8. The van der Waals surface area contributed by atoms with Gasteiger partial charge in [0.1, 0.15) is 0 Å². The summed E-state index contributed by atoms with van der Waals surface area (Å²) >= 11 is 0. The van der Waals surface area contributed by atoms with E-state index in [1.807, 2.05) is 6.07 Å². The second kappa shape index (κ2) is 6.92. The molecule has 0 unspecified atom stereocenters. The monoisotopic (exact) mass is 301 g/mol. The van der Waals surface area contributed by atoms with Crippen LogP contribution in [0.15, 0.2) is 30.3 Å². The van der Waals surface area contributed by atoms with Crippen molar-refractivity contribution < 1.29 is 9.59 Å². The van der Waals surface area contributed by atoms with Crippen LogP contribution in [0.4, 0.5) is 0 Å². The summed E-state index contributed by atoms with van der Waals surface area (Å²) < 4.78 is 0. The molecule has 5 nitrogen and oxygen atoms in total. The zero-order valence-electron chi connectivity index (χ0n) is 12.8. The summed E-state index contributed by atoms with van der Waals surface area (Å²) in [6.45, 7) is 2.81. The van der Waals surface area contributed by atoms with Crippen molar-refractivity contribution in [3.05, 3.63) is 35.9 Å². The molecule has 0 bridgehead atoms. The van der Waals surface area contributed by atoms with Crippen LogP contribution in [-0.2, 0) is 16.0 Å². The van der Waals surface area contributed by atoms with Gasteiger partial charge in [-0.15, -0.1) is 0 Å². The van der Waals surface area contributed by atoms with Crippen molar-refractivity contribution in [3.63, 3.8) is 0 Å². The van der Waals surface area contributed by atoms with Crippen molar-refractivity contribution in [2.75, 3.05) is 32.7 Å². The number of carbonyl (C=O) groups excluding carboxylic acids is 2. The summed E-state index contributed by atoms with van der Waals surface area (Å²) in [5, 5.41) is 2.76. The van der Waals surface area contributed by atoms with Crippen molar-refractivity contribution in [3.8, 4) is 0 Å². The van der Waals surface area contributed by atoms with Gasteiger partial charge in [0.15, 0.2) is 0 Å². The lowest BCUT2D eigenvalue weighted by Crippen LogP contribution is -2.52. The Balaban J connectivity index is 1.56. The van der Waals surface area contributed by atoms with Crippen LogP contribution in [0.5, 0.6) is 0 Å². The molecule has 0 saturated carbocycles. The Morgan fingerprint density at radius 2 is 2.05 bits per heavy atom. The molecule has 5 heteroatoms. The minimum absolute atomic E-state index is 0.0538. The second-order valence-corrected chi connectivity index (χ2v) is 6.12. The van der Waals surface area contributed by atoms with Crippen molar-refractivity contribution in [2.45, 2.75) is 25.3 Å². The van der Waals surface area contributed by atoms with Gasteiger partial charge in [0.25, 0.3) is 0 Å². The molecule has 0 aliphatic carbocycles. The molecular weight excluding hydrogens is 278 g/mol. The smallest absolute Gasteiger partial charge is 0.239 e. The van der Waals surface area contributed by atoms with Crippen molar-refractivity contribution in [1.82, 2.24) is 15.1 Å². The molecule has 2 aliphatic heterocycles. The summed E-state index contributed by atoms with van der Waals surface area (Å²) in [6, 6.07) is 10.9. The second-order valence-electron chi connectivity index (χ2n) is 6.12. The van der Waals surface area contributed by atoms with Crippen LogP contribution in [0.25, 0.3) is 0 Å². The number of hydrogen-bond acceptors (Lipinski definition) is 3. The highest BCUT2D eigenvalue weighted by atomic mass is 16.2. The van der Waals surface area contributed by atoms with E-state index in [4.69, 9.17) is 0 Å². The maximum atomic E-state index is 12.4. The molecule has 2 amide bonds. The van der Waals surface area contributed by atoms with E-state index in [9.17, 15) is 9.59 Å². The van der Waals surface area contributed by atoms with E-state index in [1.165, 1.54) is 5.56 Å². The Hall–Kier alpha value is -1.88. The topological polar surface area (TPSA) is 52.7 Å². The van der Waals surface area contributed by atoms with Gasteiger partial charge in [0, 0.05) is 19.1 Å². The van der Waals surface area contributed by atoms with E-state index in [0.717, 1.165) is 25.8 Å². The largest absolute Gasteiger partial charge is 0.353 e. The molecule has 1 aromatic rings. The lowest BCUT2D eigenvalue weighted by molar-refractivity contribution is -0.139. The third kappa shape index (κ3) is 3.65. The van der Waals surface area contributed by atoms with Crippen LogP contribution in [0, 0.1) is 0 Å². The third-order valence-corrected chi connectivity index (χ3v) is 4.54. The average Bonchev–Trinajstić information content (AvgIpc) is 2.95. The van der Waals surface area contributed by atoms with Crippen LogP contribution in [0.3, 0.4) is 0 Å². The summed E-state index contributed by atoms with van der Waals surface area (Å²) in [6.07, 6.45) is 3.28. The zero-order valence-corrected chi connectivity index (χ0v) is 12.8. The van der Waals surface area contributed by atoms with E-state index in [1.54, 1.807) is 4.90 Å². The van der Waals surface area contributed by atoms with Gasteiger partial charge in [-0.2, -0.15) is 0 Å². The number of benzene rings is 1. The predicted molar refractivity (Wildman–Crippen MR) is 84.3 cm³/mol. The molecular formula is C17H23N3O2. The first kappa shape index (κ1) is 15.0. The molecule has 3 rings (SSSR count). The molecule has 2 aliphatic rings. The first-order valence-corrected chi connectivity index (χ1v) is 8.05. The Bertz CT molecular complexity index is 532.